The molecule has 0 bridgehead atoms. The topological polar surface area (TPSA) is 12.0 Å². The third-order valence-electron chi connectivity index (χ3n) is 4.15. The summed E-state index contributed by atoms with van der Waals surface area (Å²) in [7, 11) is 0. The van der Waals surface area contributed by atoms with Crippen LogP contribution in [-0.4, -0.2) is 12.1 Å². The first-order chi connectivity index (χ1) is 7.29. The van der Waals surface area contributed by atoms with Crippen LogP contribution in [0.25, 0.3) is 0 Å². The van der Waals surface area contributed by atoms with E-state index >= 15 is 0 Å². The summed E-state index contributed by atoms with van der Waals surface area (Å²) in [6.45, 7) is 3.66. The van der Waals surface area contributed by atoms with Crippen LogP contribution in [-0.2, 0) is 0 Å². The number of allylic oxidation sites excluding steroid dienone is 2. The lowest BCUT2D eigenvalue weighted by molar-refractivity contribution is 0.237. The monoisotopic (exact) mass is 207 g/mol. The van der Waals surface area contributed by atoms with E-state index in [0.29, 0.717) is 5.54 Å². The summed E-state index contributed by atoms with van der Waals surface area (Å²) < 4.78 is 0. The zero-order valence-electron chi connectivity index (χ0n) is 10.1. The molecule has 2 aliphatic rings. The molecule has 0 radical (unpaired) electrons. The van der Waals surface area contributed by atoms with Crippen LogP contribution in [0.15, 0.2) is 12.2 Å². The lowest BCUT2D eigenvalue weighted by atomic mass is 9.82. The Labute approximate surface area is 94.3 Å². The van der Waals surface area contributed by atoms with Gasteiger partial charge in [-0.2, -0.15) is 0 Å². The molecule has 1 heteroatoms. The predicted molar refractivity (Wildman–Crippen MR) is 66.0 cm³/mol. The van der Waals surface area contributed by atoms with Crippen molar-refractivity contribution < 1.29 is 0 Å². The molecule has 0 aromatic heterocycles. The predicted octanol–water partition coefficient (Wildman–Crippen LogP) is 3.66. The Kier molecular flexibility index (Phi) is 3.85. The molecule has 1 N–H and O–H groups in total. The standard InChI is InChI=1S/C14H25N/c1-14(10-6-3-7-11-14)15-12-13-8-4-2-5-9-13/h2,4,13,15H,3,5-12H2,1H3. The summed E-state index contributed by atoms with van der Waals surface area (Å²) in [4.78, 5) is 0. The van der Waals surface area contributed by atoms with Crippen LogP contribution in [0.5, 0.6) is 0 Å². The Bertz CT molecular complexity index is 213. The van der Waals surface area contributed by atoms with Gasteiger partial charge in [0.2, 0.25) is 0 Å². The lowest BCUT2D eigenvalue weighted by Gasteiger charge is -2.36. The first-order valence-electron chi connectivity index (χ1n) is 6.69. The SMILES string of the molecule is CC1(NCC2CC=CCC2)CCCCC1. The molecule has 0 aromatic carbocycles. The molecule has 0 aromatic rings. The average molecular weight is 207 g/mol. The fourth-order valence-electron chi connectivity index (χ4n) is 2.94. The Morgan fingerprint density at radius 2 is 2.00 bits per heavy atom. The normalized spacial score (nSPS) is 30.3. The van der Waals surface area contributed by atoms with E-state index in [1.165, 1.54) is 57.9 Å². The zero-order chi connectivity index (χ0) is 10.6. The molecular weight excluding hydrogens is 182 g/mol. The van der Waals surface area contributed by atoms with E-state index in [-0.39, 0.29) is 0 Å². The van der Waals surface area contributed by atoms with E-state index in [4.69, 9.17) is 0 Å². The van der Waals surface area contributed by atoms with E-state index in [1.54, 1.807) is 0 Å². The van der Waals surface area contributed by atoms with Gasteiger partial charge in [-0.15, -0.1) is 0 Å². The number of hydrogen-bond donors (Lipinski definition) is 1. The Morgan fingerprint density at radius 3 is 2.67 bits per heavy atom. The molecule has 86 valence electrons. The van der Waals surface area contributed by atoms with Crippen LogP contribution in [0.3, 0.4) is 0 Å². The van der Waals surface area contributed by atoms with Crippen molar-refractivity contribution in [1.29, 1.82) is 0 Å². The van der Waals surface area contributed by atoms with E-state index in [0.717, 1.165) is 5.92 Å². The van der Waals surface area contributed by atoms with Gasteiger partial charge in [0.05, 0.1) is 0 Å². The van der Waals surface area contributed by atoms with Crippen LogP contribution in [0.4, 0.5) is 0 Å². The quantitative estimate of drug-likeness (QED) is 0.696. The molecule has 0 aliphatic heterocycles. The van der Waals surface area contributed by atoms with Gasteiger partial charge >= 0.3 is 0 Å². The largest absolute Gasteiger partial charge is 0.311 e. The summed E-state index contributed by atoms with van der Waals surface area (Å²) >= 11 is 0. The first-order valence-corrected chi connectivity index (χ1v) is 6.69. The molecular formula is C14H25N. The number of rotatable bonds is 3. The Hall–Kier alpha value is -0.300. The van der Waals surface area contributed by atoms with Gasteiger partial charge in [0.25, 0.3) is 0 Å². The highest BCUT2D eigenvalue weighted by atomic mass is 15.0. The summed E-state index contributed by atoms with van der Waals surface area (Å²) in [6.07, 6.45) is 15.7. The highest BCUT2D eigenvalue weighted by Crippen LogP contribution is 2.28. The fourth-order valence-corrected chi connectivity index (χ4v) is 2.94. The number of nitrogens with one attached hydrogen (secondary N) is 1. The molecule has 2 rings (SSSR count). The van der Waals surface area contributed by atoms with E-state index < -0.39 is 0 Å². The van der Waals surface area contributed by atoms with E-state index in [9.17, 15) is 0 Å². The molecule has 0 spiro atoms. The summed E-state index contributed by atoms with van der Waals surface area (Å²) in [5.41, 5.74) is 0.458. The average Bonchev–Trinajstić information content (AvgIpc) is 2.29. The van der Waals surface area contributed by atoms with Crippen molar-refractivity contribution in [3.05, 3.63) is 12.2 Å². The molecule has 1 fully saturated rings. The van der Waals surface area contributed by atoms with Gasteiger partial charge in [-0.25, -0.2) is 0 Å². The highest BCUT2D eigenvalue weighted by molar-refractivity contribution is 4.93. The summed E-state index contributed by atoms with van der Waals surface area (Å²) in [6, 6.07) is 0. The third kappa shape index (κ3) is 3.34. The highest BCUT2D eigenvalue weighted by Gasteiger charge is 2.26. The smallest absolute Gasteiger partial charge is 0.0153 e. The zero-order valence-corrected chi connectivity index (χ0v) is 10.1. The maximum Gasteiger partial charge on any atom is 0.0153 e. The lowest BCUT2D eigenvalue weighted by Crippen LogP contribution is -2.46. The number of hydrogen-bond acceptors (Lipinski definition) is 1. The second-order valence-electron chi connectivity index (χ2n) is 5.65. The van der Waals surface area contributed by atoms with Gasteiger partial charge in [-0.3, -0.25) is 0 Å². The van der Waals surface area contributed by atoms with Crippen LogP contribution >= 0.6 is 0 Å². The maximum absolute atomic E-state index is 3.83. The minimum absolute atomic E-state index is 0.458. The van der Waals surface area contributed by atoms with Crippen molar-refractivity contribution in [2.75, 3.05) is 6.54 Å². The van der Waals surface area contributed by atoms with Gasteiger partial charge < -0.3 is 5.32 Å². The van der Waals surface area contributed by atoms with Gasteiger partial charge in [0.1, 0.15) is 0 Å². The Balaban J connectivity index is 1.73. The molecule has 1 saturated carbocycles. The summed E-state index contributed by atoms with van der Waals surface area (Å²) in [5, 5.41) is 3.83. The van der Waals surface area contributed by atoms with Gasteiger partial charge in [-0.05, 0) is 51.5 Å². The van der Waals surface area contributed by atoms with Crippen LogP contribution in [0, 0.1) is 5.92 Å². The minimum Gasteiger partial charge on any atom is -0.311 e. The van der Waals surface area contributed by atoms with Gasteiger partial charge in [-0.1, -0.05) is 31.4 Å². The third-order valence-corrected chi connectivity index (χ3v) is 4.15. The maximum atomic E-state index is 3.83. The molecule has 1 unspecified atom stereocenters. The van der Waals surface area contributed by atoms with E-state index in [1.807, 2.05) is 0 Å². The van der Waals surface area contributed by atoms with Gasteiger partial charge in [0, 0.05) is 5.54 Å². The molecule has 2 aliphatic carbocycles. The molecule has 0 heterocycles. The van der Waals surface area contributed by atoms with Gasteiger partial charge in [0.15, 0.2) is 0 Å². The molecule has 1 atom stereocenters. The second-order valence-corrected chi connectivity index (χ2v) is 5.65. The molecule has 15 heavy (non-hydrogen) atoms. The van der Waals surface area contributed by atoms with Crippen molar-refractivity contribution >= 4 is 0 Å². The van der Waals surface area contributed by atoms with Crippen LogP contribution in [0.2, 0.25) is 0 Å². The van der Waals surface area contributed by atoms with Crippen LogP contribution in [0.1, 0.15) is 58.3 Å². The molecule has 0 saturated heterocycles. The van der Waals surface area contributed by atoms with E-state index in [2.05, 4.69) is 24.4 Å². The fraction of sp³-hybridized carbons (Fsp3) is 0.857. The van der Waals surface area contributed by atoms with Crippen molar-refractivity contribution in [2.45, 2.75) is 63.8 Å². The van der Waals surface area contributed by atoms with Crippen molar-refractivity contribution in [3.8, 4) is 0 Å². The van der Waals surface area contributed by atoms with Crippen molar-refractivity contribution in [1.82, 2.24) is 5.32 Å². The van der Waals surface area contributed by atoms with Crippen molar-refractivity contribution in [2.24, 2.45) is 5.92 Å². The minimum atomic E-state index is 0.458. The second kappa shape index (κ2) is 5.16. The van der Waals surface area contributed by atoms with Crippen molar-refractivity contribution in [3.63, 3.8) is 0 Å². The first kappa shape index (κ1) is 11.2. The molecule has 1 nitrogen and oxygen atoms in total. The molecule has 0 amide bonds. The van der Waals surface area contributed by atoms with Crippen LogP contribution < -0.4 is 5.32 Å². The Morgan fingerprint density at radius 1 is 1.20 bits per heavy atom. The summed E-state index contributed by atoms with van der Waals surface area (Å²) in [5.74, 6) is 0.897.